The van der Waals surface area contributed by atoms with Crippen LogP contribution in [0.3, 0.4) is 0 Å². The minimum atomic E-state index is -0.732. The lowest BCUT2D eigenvalue weighted by molar-refractivity contribution is 0.0373. The predicted molar refractivity (Wildman–Crippen MR) is 147 cm³/mol. The van der Waals surface area contributed by atoms with Crippen LogP contribution in [-0.4, -0.2) is 35.0 Å². The number of guanidine groups is 1. The first-order chi connectivity index (χ1) is 18.0. The van der Waals surface area contributed by atoms with Crippen LogP contribution in [0.1, 0.15) is 57.2 Å². The highest BCUT2D eigenvalue weighted by Gasteiger charge is 2.39. The molecule has 1 unspecified atom stereocenters. The van der Waals surface area contributed by atoms with Crippen LogP contribution in [-0.2, 0) is 0 Å². The second-order valence-corrected chi connectivity index (χ2v) is 9.78. The summed E-state index contributed by atoms with van der Waals surface area (Å²) in [5.41, 5.74) is 8.68. The molecule has 6 N–H and O–H groups in total. The van der Waals surface area contributed by atoms with E-state index in [0.717, 1.165) is 5.56 Å². The molecule has 4 rings (SSSR count). The number of benzene rings is 3. The Morgan fingerprint density at radius 1 is 1.08 bits per heavy atom. The van der Waals surface area contributed by atoms with Crippen molar-refractivity contribution in [2.24, 2.45) is 5.73 Å². The average molecular weight is 517 g/mol. The van der Waals surface area contributed by atoms with Crippen LogP contribution in [0.25, 0.3) is 0 Å². The fourth-order valence-electron chi connectivity index (χ4n) is 4.53. The van der Waals surface area contributed by atoms with E-state index >= 15 is 0 Å². The summed E-state index contributed by atoms with van der Waals surface area (Å²) in [6, 6.07) is 13.7. The average Bonchev–Trinajstić information content (AvgIpc) is 2.86. The highest BCUT2D eigenvalue weighted by atomic mass is 16.5. The largest absolute Gasteiger partial charge is 0.507 e. The van der Waals surface area contributed by atoms with Gasteiger partial charge in [-0.2, -0.15) is 0 Å². The number of ketones is 1. The normalized spacial score (nSPS) is 16.3. The second-order valence-electron chi connectivity index (χ2n) is 9.78. The Hall–Kier alpha value is -4.53. The van der Waals surface area contributed by atoms with Gasteiger partial charge in [0, 0.05) is 28.9 Å². The van der Waals surface area contributed by atoms with Crippen LogP contribution in [0.4, 0.5) is 11.4 Å². The molecule has 9 heteroatoms. The van der Waals surface area contributed by atoms with Crippen molar-refractivity contribution in [1.29, 1.82) is 5.41 Å². The maximum Gasteiger partial charge on any atom is 0.255 e. The first-order valence-electron chi connectivity index (χ1n) is 12.3. The van der Waals surface area contributed by atoms with E-state index < -0.39 is 5.60 Å². The number of rotatable bonds is 7. The monoisotopic (exact) mass is 516 g/mol. The molecule has 0 radical (unpaired) electrons. The summed E-state index contributed by atoms with van der Waals surface area (Å²) in [5.74, 6) is 0.746. The zero-order valence-corrected chi connectivity index (χ0v) is 21.9. The van der Waals surface area contributed by atoms with Crippen molar-refractivity contribution in [2.45, 2.75) is 46.1 Å². The van der Waals surface area contributed by atoms with Gasteiger partial charge in [-0.3, -0.25) is 15.0 Å². The lowest BCUT2D eigenvalue weighted by Crippen LogP contribution is -2.41. The second kappa shape index (κ2) is 10.5. The smallest absolute Gasteiger partial charge is 0.255 e. The van der Waals surface area contributed by atoms with Crippen LogP contribution >= 0.6 is 0 Å². The van der Waals surface area contributed by atoms with Gasteiger partial charge in [0.05, 0.1) is 18.6 Å². The van der Waals surface area contributed by atoms with Crippen molar-refractivity contribution in [3.8, 4) is 17.2 Å². The number of nitrogens with one attached hydrogen (secondary N) is 3. The number of carbonyl (C=O) groups is 2. The number of carbonyl (C=O) groups excluding carboxylic acids is 2. The molecule has 0 aromatic heterocycles. The molecule has 0 fully saturated rings. The maximum absolute atomic E-state index is 13.0. The lowest BCUT2D eigenvalue weighted by Gasteiger charge is -2.37. The van der Waals surface area contributed by atoms with E-state index in [4.69, 9.17) is 20.6 Å². The Morgan fingerprint density at radius 2 is 1.79 bits per heavy atom. The van der Waals surface area contributed by atoms with Gasteiger partial charge in [-0.05, 0) is 81.3 Å². The van der Waals surface area contributed by atoms with Crippen LogP contribution < -0.4 is 25.8 Å². The Kier molecular flexibility index (Phi) is 7.30. The number of aromatic hydroxyl groups is 1. The fraction of sp³-hybridized carbons (Fsp3) is 0.276. The van der Waals surface area contributed by atoms with Gasteiger partial charge in [-0.15, -0.1) is 0 Å². The highest BCUT2D eigenvalue weighted by Crippen LogP contribution is 2.44. The molecule has 3 aromatic carbocycles. The standard InChI is InChI=1S/C29H32N4O5/c1-16-17(2)26-24(18(3)25(16)35)23(34)15-29(4,38-26)12-13-37-22-10-8-20(9-11-22)32-27(36)19-6-5-7-21(14-19)33-28(30)31/h5-11,14,35H,12-13,15H2,1-4H3,(H,32,36)(H4,30,31,33). The van der Waals surface area contributed by atoms with E-state index in [0.29, 0.717) is 58.2 Å². The molecule has 38 heavy (non-hydrogen) atoms. The Bertz CT molecular complexity index is 1420. The quantitative estimate of drug-likeness (QED) is 0.218. The molecule has 198 valence electrons. The zero-order chi connectivity index (χ0) is 27.6. The fourth-order valence-corrected chi connectivity index (χ4v) is 4.53. The maximum atomic E-state index is 13.0. The van der Waals surface area contributed by atoms with Crippen molar-refractivity contribution < 1.29 is 24.2 Å². The van der Waals surface area contributed by atoms with E-state index in [1.54, 1.807) is 55.5 Å². The van der Waals surface area contributed by atoms with Gasteiger partial charge in [0.2, 0.25) is 0 Å². The molecule has 1 atom stereocenters. The third-order valence-electron chi connectivity index (χ3n) is 6.79. The van der Waals surface area contributed by atoms with Crippen molar-refractivity contribution in [2.75, 3.05) is 17.2 Å². The van der Waals surface area contributed by atoms with Crippen molar-refractivity contribution >= 4 is 29.0 Å². The molecule has 1 aliphatic rings. The van der Waals surface area contributed by atoms with Crippen LogP contribution in [0.15, 0.2) is 48.5 Å². The molecule has 0 saturated heterocycles. The minimum absolute atomic E-state index is 0.0487. The molecule has 3 aromatic rings. The van der Waals surface area contributed by atoms with Gasteiger partial charge >= 0.3 is 0 Å². The third-order valence-corrected chi connectivity index (χ3v) is 6.79. The summed E-state index contributed by atoms with van der Waals surface area (Å²) in [6.45, 7) is 7.63. The van der Waals surface area contributed by atoms with Gasteiger partial charge in [-0.25, -0.2) is 0 Å². The van der Waals surface area contributed by atoms with Gasteiger partial charge in [0.25, 0.3) is 5.91 Å². The van der Waals surface area contributed by atoms with E-state index in [1.807, 2.05) is 20.8 Å². The van der Waals surface area contributed by atoms with Crippen LogP contribution in [0.5, 0.6) is 17.2 Å². The first-order valence-corrected chi connectivity index (χ1v) is 12.3. The summed E-state index contributed by atoms with van der Waals surface area (Å²) >= 11 is 0. The number of hydrogen-bond acceptors (Lipinski definition) is 6. The molecule has 1 amide bonds. The predicted octanol–water partition coefficient (Wildman–Crippen LogP) is 5.07. The minimum Gasteiger partial charge on any atom is -0.507 e. The SMILES string of the molecule is Cc1c(C)c2c(c(C)c1O)C(=O)CC(C)(CCOc1ccc(NC(=O)c3cccc(NC(=N)N)c3)cc1)O2. The van der Waals surface area contributed by atoms with E-state index in [1.165, 1.54) is 0 Å². The van der Waals surface area contributed by atoms with Crippen molar-refractivity contribution in [1.82, 2.24) is 0 Å². The molecule has 1 aliphatic heterocycles. The number of Topliss-reactive ketones (excluding diaryl/α,β-unsaturated/α-hetero) is 1. The number of anilines is 2. The molecule has 1 heterocycles. The summed E-state index contributed by atoms with van der Waals surface area (Å²) in [7, 11) is 0. The number of hydrogen-bond donors (Lipinski definition) is 5. The summed E-state index contributed by atoms with van der Waals surface area (Å²) in [4.78, 5) is 25.6. The number of ether oxygens (including phenoxy) is 2. The summed E-state index contributed by atoms with van der Waals surface area (Å²) in [6.07, 6.45) is 0.681. The van der Waals surface area contributed by atoms with Crippen molar-refractivity contribution in [3.63, 3.8) is 0 Å². The molecular formula is C29H32N4O5. The number of nitrogens with two attached hydrogens (primary N) is 1. The topological polar surface area (TPSA) is 147 Å². The van der Waals surface area contributed by atoms with E-state index in [2.05, 4.69) is 10.6 Å². The Labute approximate surface area is 221 Å². The van der Waals surface area contributed by atoms with Gasteiger partial charge < -0.3 is 30.9 Å². The Balaban J connectivity index is 1.35. The first kappa shape index (κ1) is 26.5. The summed E-state index contributed by atoms with van der Waals surface area (Å²) < 4.78 is 12.2. The van der Waals surface area contributed by atoms with E-state index in [9.17, 15) is 14.7 Å². The number of fused-ring (bicyclic) bond motifs is 1. The molecule has 0 spiro atoms. The summed E-state index contributed by atoms with van der Waals surface area (Å²) in [5, 5.41) is 23.2. The molecule has 0 bridgehead atoms. The highest BCUT2D eigenvalue weighted by molar-refractivity contribution is 6.05. The molecular weight excluding hydrogens is 484 g/mol. The van der Waals surface area contributed by atoms with Crippen LogP contribution in [0, 0.1) is 26.2 Å². The molecule has 9 nitrogen and oxygen atoms in total. The Morgan fingerprint density at radius 3 is 2.47 bits per heavy atom. The number of phenols is 1. The number of phenolic OH excluding ortho intramolecular Hbond substituents is 1. The zero-order valence-electron chi connectivity index (χ0n) is 21.9. The van der Waals surface area contributed by atoms with Gasteiger partial charge in [0.1, 0.15) is 22.8 Å². The lowest BCUT2D eigenvalue weighted by atomic mass is 9.85. The number of amides is 1. The van der Waals surface area contributed by atoms with Gasteiger partial charge in [0.15, 0.2) is 11.7 Å². The molecule has 0 saturated carbocycles. The van der Waals surface area contributed by atoms with Gasteiger partial charge in [-0.1, -0.05) is 6.07 Å². The third kappa shape index (κ3) is 5.56. The van der Waals surface area contributed by atoms with Crippen LogP contribution in [0.2, 0.25) is 0 Å². The molecule has 0 aliphatic carbocycles. The van der Waals surface area contributed by atoms with E-state index in [-0.39, 0.29) is 29.8 Å². The van der Waals surface area contributed by atoms with Crippen molar-refractivity contribution in [3.05, 3.63) is 76.3 Å².